The van der Waals surface area contributed by atoms with Crippen LogP contribution in [0.15, 0.2) is 54.6 Å². The highest BCUT2D eigenvalue weighted by Gasteiger charge is 2.32. The van der Waals surface area contributed by atoms with Gasteiger partial charge in [0, 0.05) is 6.42 Å². The summed E-state index contributed by atoms with van der Waals surface area (Å²) in [6, 6.07) is 11.3. The molecule has 0 aliphatic carbocycles. The van der Waals surface area contributed by atoms with E-state index in [0.717, 1.165) is 5.56 Å². The zero-order valence-corrected chi connectivity index (χ0v) is 24.4. The van der Waals surface area contributed by atoms with Crippen molar-refractivity contribution in [1.82, 2.24) is 16.0 Å². The van der Waals surface area contributed by atoms with Crippen LogP contribution in [0, 0.1) is 11.8 Å². The number of alkyl carbamates (subject to hydrolysis) is 1. The van der Waals surface area contributed by atoms with Gasteiger partial charge in [-0.3, -0.25) is 19.2 Å². The van der Waals surface area contributed by atoms with Crippen LogP contribution in [0.4, 0.5) is 9.18 Å². The standard InChI is InChI=1S/C31H40FN3O7/c1-19(2)14-25(29(39)33-24(28(38)27(37)17-32)16-21-10-12-23(36)13-11-21)34-30(40)26(15-20(3)4)35-31(41)42-18-22-8-6-5-7-9-22/h5-13,19-20,24-26,36H,14-18H2,1-4H3,(H,33,39)(H,34,40)(H,35,41)/t24-,25-,26-/m0/s1. The fourth-order valence-electron chi connectivity index (χ4n) is 4.19. The van der Waals surface area contributed by atoms with E-state index in [-0.39, 0.29) is 43.5 Å². The van der Waals surface area contributed by atoms with Gasteiger partial charge in [-0.15, -0.1) is 0 Å². The van der Waals surface area contributed by atoms with E-state index in [1.807, 2.05) is 45.9 Å². The van der Waals surface area contributed by atoms with E-state index in [1.165, 1.54) is 24.3 Å². The summed E-state index contributed by atoms with van der Waals surface area (Å²) in [6.45, 7) is 5.91. The summed E-state index contributed by atoms with van der Waals surface area (Å²) < 4.78 is 18.3. The average Bonchev–Trinajstić information content (AvgIpc) is 2.95. The van der Waals surface area contributed by atoms with Crippen LogP contribution in [0.25, 0.3) is 0 Å². The van der Waals surface area contributed by atoms with E-state index >= 15 is 0 Å². The minimum absolute atomic E-state index is 0.00609. The number of hydrogen-bond donors (Lipinski definition) is 4. The van der Waals surface area contributed by atoms with Crippen LogP contribution in [0.5, 0.6) is 5.75 Å². The predicted octanol–water partition coefficient (Wildman–Crippen LogP) is 3.40. The van der Waals surface area contributed by atoms with E-state index in [9.17, 15) is 33.5 Å². The Morgan fingerprint density at radius 2 is 1.26 bits per heavy atom. The summed E-state index contributed by atoms with van der Waals surface area (Å²) in [4.78, 5) is 63.8. The van der Waals surface area contributed by atoms with Crippen LogP contribution >= 0.6 is 0 Å². The number of phenolic OH excluding ortho intramolecular Hbond substituents is 1. The number of phenols is 1. The zero-order chi connectivity index (χ0) is 31.2. The van der Waals surface area contributed by atoms with Gasteiger partial charge in [0.05, 0.1) is 6.04 Å². The number of carbonyl (C=O) groups excluding carboxylic acids is 5. The fraction of sp³-hybridized carbons (Fsp3) is 0.452. The summed E-state index contributed by atoms with van der Waals surface area (Å²) >= 11 is 0. The molecule has 42 heavy (non-hydrogen) atoms. The Morgan fingerprint density at radius 3 is 1.79 bits per heavy atom. The summed E-state index contributed by atoms with van der Waals surface area (Å²) in [5, 5.41) is 17.3. The number of nitrogens with one attached hydrogen (secondary N) is 3. The summed E-state index contributed by atoms with van der Waals surface area (Å²) in [5.41, 5.74) is 1.28. The first-order valence-electron chi connectivity index (χ1n) is 13.9. The molecule has 0 saturated heterocycles. The van der Waals surface area contributed by atoms with Gasteiger partial charge in [0.15, 0.2) is 6.67 Å². The van der Waals surface area contributed by atoms with Crippen molar-refractivity contribution in [3.63, 3.8) is 0 Å². The molecule has 0 unspecified atom stereocenters. The van der Waals surface area contributed by atoms with Crippen molar-refractivity contribution >= 4 is 29.5 Å². The normalized spacial score (nSPS) is 13.1. The number of aromatic hydroxyl groups is 1. The quantitative estimate of drug-likeness (QED) is 0.221. The van der Waals surface area contributed by atoms with Gasteiger partial charge in [-0.05, 0) is 47.9 Å². The Morgan fingerprint density at radius 1 is 0.738 bits per heavy atom. The van der Waals surface area contributed by atoms with Gasteiger partial charge < -0.3 is 25.8 Å². The average molecular weight is 586 g/mol. The summed E-state index contributed by atoms with van der Waals surface area (Å²) in [5.74, 6) is -3.84. The van der Waals surface area contributed by atoms with Gasteiger partial charge in [-0.2, -0.15) is 0 Å². The van der Waals surface area contributed by atoms with E-state index < -0.39 is 54.3 Å². The Hall–Kier alpha value is -4.28. The fourth-order valence-corrected chi connectivity index (χ4v) is 4.19. The minimum atomic E-state index is -1.52. The van der Waals surface area contributed by atoms with Gasteiger partial charge in [0.2, 0.25) is 23.4 Å². The number of carbonyl (C=O) groups is 5. The molecule has 0 aliphatic rings. The third-order valence-electron chi connectivity index (χ3n) is 6.27. The topological polar surface area (TPSA) is 151 Å². The molecule has 3 atom stereocenters. The third-order valence-corrected chi connectivity index (χ3v) is 6.27. The zero-order valence-electron chi connectivity index (χ0n) is 24.4. The predicted molar refractivity (Wildman–Crippen MR) is 154 cm³/mol. The van der Waals surface area contributed by atoms with E-state index in [0.29, 0.717) is 5.56 Å². The molecule has 0 fully saturated rings. The maximum absolute atomic E-state index is 13.4. The van der Waals surface area contributed by atoms with Crippen molar-refractivity contribution in [2.75, 3.05) is 6.67 Å². The van der Waals surface area contributed by atoms with Crippen LogP contribution in [0.2, 0.25) is 0 Å². The van der Waals surface area contributed by atoms with Crippen molar-refractivity contribution in [3.05, 3.63) is 65.7 Å². The van der Waals surface area contributed by atoms with Gasteiger partial charge in [0.25, 0.3) is 0 Å². The Kier molecular flexibility index (Phi) is 13.6. The maximum Gasteiger partial charge on any atom is 0.408 e. The van der Waals surface area contributed by atoms with Gasteiger partial charge in [-0.1, -0.05) is 70.2 Å². The number of hydrogen-bond acceptors (Lipinski definition) is 7. The molecule has 3 amide bonds. The molecule has 0 spiro atoms. The molecule has 2 aromatic carbocycles. The highest BCUT2D eigenvalue weighted by molar-refractivity contribution is 6.40. The lowest BCUT2D eigenvalue weighted by Crippen LogP contribution is -2.57. The Balaban J connectivity index is 2.17. The van der Waals surface area contributed by atoms with E-state index in [4.69, 9.17) is 4.74 Å². The molecule has 4 N–H and O–H groups in total. The molecule has 0 saturated carbocycles. The number of ketones is 2. The SMILES string of the molecule is CC(C)C[C@H](NC(=O)OCc1ccccc1)C(=O)N[C@@H](CC(C)C)C(=O)N[C@@H](Cc1ccc(O)cc1)C(=O)C(=O)CF. The molecule has 228 valence electrons. The van der Waals surface area contributed by atoms with Crippen molar-refractivity contribution in [3.8, 4) is 5.75 Å². The largest absolute Gasteiger partial charge is 0.508 e. The first kappa shape index (κ1) is 33.9. The molecule has 2 aromatic rings. The van der Waals surface area contributed by atoms with Gasteiger partial charge in [0.1, 0.15) is 24.4 Å². The number of ether oxygens (including phenoxy) is 1. The number of benzene rings is 2. The number of Topliss-reactive ketones (excluding diaryl/α,β-unsaturated/α-hetero) is 2. The van der Waals surface area contributed by atoms with Crippen LogP contribution in [0.1, 0.15) is 51.7 Å². The number of rotatable bonds is 16. The number of alkyl halides is 1. The van der Waals surface area contributed by atoms with E-state index in [2.05, 4.69) is 16.0 Å². The van der Waals surface area contributed by atoms with Crippen molar-refractivity contribution in [1.29, 1.82) is 0 Å². The number of amides is 3. The van der Waals surface area contributed by atoms with Crippen LogP contribution in [-0.2, 0) is 36.9 Å². The third kappa shape index (κ3) is 11.7. The summed E-state index contributed by atoms with van der Waals surface area (Å²) in [6.07, 6.45) is -0.491. The van der Waals surface area contributed by atoms with E-state index in [1.54, 1.807) is 12.1 Å². The highest BCUT2D eigenvalue weighted by Crippen LogP contribution is 2.14. The van der Waals surface area contributed by atoms with Crippen LogP contribution < -0.4 is 16.0 Å². The molecule has 0 heterocycles. The van der Waals surface area contributed by atoms with Crippen molar-refractivity contribution in [2.24, 2.45) is 11.8 Å². The highest BCUT2D eigenvalue weighted by atomic mass is 19.1. The first-order chi connectivity index (χ1) is 19.9. The van der Waals surface area contributed by atoms with Crippen LogP contribution in [-0.4, -0.2) is 59.4 Å². The Labute approximate surface area is 245 Å². The van der Waals surface area contributed by atoms with Gasteiger partial charge >= 0.3 is 6.09 Å². The molecule has 0 aromatic heterocycles. The second kappa shape index (κ2) is 16.9. The molecule has 0 bridgehead atoms. The molecular formula is C31H40FN3O7. The lowest BCUT2D eigenvalue weighted by molar-refractivity contribution is -0.139. The van der Waals surface area contributed by atoms with Crippen molar-refractivity contribution in [2.45, 2.75) is 71.7 Å². The number of halogens is 1. The molecule has 2 rings (SSSR count). The minimum Gasteiger partial charge on any atom is -0.508 e. The smallest absolute Gasteiger partial charge is 0.408 e. The molecule has 0 aliphatic heterocycles. The second-order valence-electron chi connectivity index (χ2n) is 10.9. The van der Waals surface area contributed by atoms with Crippen molar-refractivity contribution < 1.29 is 38.2 Å². The maximum atomic E-state index is 13.4. The molecule has 10 nitrogen and oxygen atoms in total. The van der Waals surface area contributed by atoms with Gasteiger partial charge in [-0.25, -0.2) is 9.18 Å². The Bertz CT molecular complexity index is 1200. The first-order valence-corrected chi connectivity index (χ1v) is 13.9. The second-order valence-corrected chi connectivity index (χ2v) is 10.9. The lowest BCUT2D eigenvalue weighted by atomic mass is 9.97. The molecular weight excluding hydrogens is 545 g/mol. The van der Waals surface area contributed by atoms with Crippen LogP contribution in [0.3, 0.4) is 0 Å². The monoisotopic (exact) mass is 585 g/mol. The molecule has 11 heteroatoms. The lowest BCUT2D eigenvalue weighted by Gasteiger charge is -2.26. The summed E-state index contributed by atoms with van der Waals surface area (Å²) in [7, 11) is 0. The molecule has 0 radical (unpaired) electrons.